The third-order valence-corrected chi connectivity index (χ3v) is 9.15. The van der Waals surface area contributed by atoms with Gasteiger partial charge in [0.2, 0.25) is 0 Å². The van der Waals surface area contributed by atoms with Crippen LogP contribution in [-0.2, 0) is 39.5 Å². The number of aliphatic hydroxyl groups excluding tert-OH is 4. The smallest absolute Gasteiger partial charge is 0.269 e. The van der Waals surface area contributed by atoms with Crippen LogP contribution in [0, 0.1) is 20.2 Å². The van der Waals surface area contributed by atoms with E-state index in [1.807, 2.05) is 69.8 Å². The molecule has 6 aromatic rings. The fourth-order valence-corrected chi connectivity index (χ4v) is 6.96. The van der Waals surface area contributed by atoms with Crippen LogP contribution in [-0.4, -0.2) is 39.4 Å². The van der Waals surface area contributed by atoms with Crippen molar-refractivity contribution in [2.24, 2.45) is 0 Å². The van der Waals surface area contributed by atoms with Crippen LogP contribution in [0.4, 0.5) is 11.4 Å². The number of hydrogen-bond acceptors (Lipinski definition) is 8. The van der Waals surface area contributed by atoms with Crippen LogP contribution in [0.15, 0.2) is 109 Å². The number of benzene rings is 4. The van der Waals surface area contributed by atoms with Crippen LogP contribution >= 0.6 is 0 Å². The van der Waals surface area contributed by atoms with Gasteiger partial charge in [-0.3, -0.25) is 20.2 Å². The second kappa shape index (κ2) is 15.3. The Bertz CT molecular complexity index is 2000. The molecular weight excluding hydrogens is 652 g/mol. The Labute approximate surface area is 293 Å². The SMILES string of the molecule is O=[N+]([O-])c1ccc(-c2c(CO)c(CO)c(-c3ccccc3)n2CCCn2c(-c3ccccc3)c(CO)c(CO)c2-c2ccc([N+](=O)[O-])cc2)cc1. The van der Waals surface area contributed by atoms with Crippen molar-refractivity contribution in [3.8, 4) is 45.0 Å². The van der Waals surface area contributed by atoms with Gasteiger partial charge in [-0.25, -0.2) is 0 Å². The van der Waals surface area contributed by atoms with Crippen molar-refractivity contribution < 1.29 is 30.3 Å². The van der Waals surface area contributed by atoms with Crippen LogP contribution in [0.25, 0.3) is 45.0 Å². The summed E-state index contributed by atoms with van der Waals surface area (Å²) >= 11 is 0. The Hall–Kier alpha value is -5.92. The summed E-state index contributed by atoms with van der Waals surface area (Å²) in [5.41, 5.74) is 7.47. The number of non-ortho nitro benzene ring substituents is 2. The standard InChI is InChI=1S/C39H36N4O8/c44-22-32-34(24-46)38(28-12-16-30(17-13-28)42(48)49)40(36(32)26-8-3-1-4-9-26)20-7-21-41-37(27-10-5-2-6-11-27)33(23-45)35(25-47)39(41)29-14-18-31(19-15-29)43(50)51/h1-6,8-19,44-47H,7,20-25H2. The first-order valence-electron chi connectivity index (χ1n) is 16.3. The summed E-state index contributed by atoms with van der Waals surface area (Å²) in [6.07, 6.45) is 0.481. The lowest BCUT2D eigenvalue weighted by molar-refractivity contribution is -0.385. The van der Waals surface area contributed by atoms with Crippen molar-refractivity contribution in [2.75, 3.05) is 0 Å². The van der Waals surface area contributed by atoms with Gasteiger partial charge in [-0.15, -0.1) is 0 Å². The molecule has 260 valence electrons. The van der Waals surface area contributed by atoms with E-state index in [-0.39, 0.29) is 37.8 Å². The molecule has 12 nitrogen and oxygen atoms in total. The minimum Gasteiger partial charge on any atom is -0.392 e. The first-order valence-corrected chi connectivity index (χ1v) is 16.3. The number of nitrogens with zero attached hydrogens (tertiary/aromatic N) is 4. The predicted octanol–water partition coefficient (Wildman–Crippen LogP) is 6.83. The molecule has 4 aromatic carbocycles. The van der Waals surface area contributed by atoms with Gasteiger partial charge in [0.15, 0.2) is 0 Å². The molecule has 0 bridgehead atoms. The Morgan fingerprint density at radius 1 is 0.431 bits per heavy atom. The highest BCUT2D eigenvalue weighted by atomic mass is 16.6. The van der Waals surface area contributed by atoms with Crippen molar-refractivity contribution in [1.29, 1.82) is 0 Å². The monoisotopic (exact) mass is 688 g/mol. The van der Waals surface area contributed by atoms with E-state index < -0.39 is 9.85 Å². The maximum Gasteiger partial charge on any atom is 0.269 e. The van der Waals surface area contributed by atoms with Crippen LogP contribution in [0.5, 0.6) is 0 Å². The summed E-state index contributed by atoms with van der Waals surface area (Å²) in [6, 6.07) is 31.1. The maximum absolute atomic E-state index is 11.4. The van der Waals surface area contributed by atoms with Crippen molar-refractivity contribution >= 4 is 11.4 Å². The minimum atomic E-state index is -0.477. The summed E-state index contributed by atoms with van der Waals surface area (Å²) in [4.78, 5) is 21.9. The van der Waals surface area contributed by atoms with Gasteiger partial charge in [-0.2, -0.15) is 0 Å². The minimum absolute atomic E-state index is 0.0766. The number of aliphatic hydroxyl groups is 4. The quantitative estimate of drug-likeness (QED) is 0.0710. The number of nitro benzene ring substituents is 2. The van der Waals surface area contributed by atoms with E-state index in [2.05, 4.69) is 0 Å². The molecule has 0 radical (unpaired) electrons. The van der Waals surface area contributed by atoms with E-state index in [1.165, 1.54) is 24.3 Å². The van der Waals surface area contributed by atoms with E-state index in [1.54, 1.807) is 24.3 Å². The number of rotatable bonds is 14. The molecule has 0 saturated heterocycles. The molecule has 0 spiro atoms. The molecule has 0 unspecified atom stereocenters. The van der Waals surface area contributed by atoms with Gasteiger partial charge in [0.1, 0.15) is 0 Å². The highest BCUT2D eigenvalue weighted by Crippen LogP contribution is 2.41. The van der Waals surface area contributed by atoms with Crippen LogP contribution in [0.1, 0.15) is 28.7 Å². The molecule has 2 heterocycles. The van der Waals surface area contributed by atoms with Crippen LogP contribution < -0.4 is 0 Å². The van der Waals surface area contributed by atoms with E-state index in [0.29, 0.717) is 75.7 Å². The molecule has 51 heavy (non-hydrogen) atoms. The predicted molar refractivity (Wildman–Crippen MR) is 192 cm³/mol. The molecular formula is C39H36N4O8. The number of nitro groups is 2. The van der Waals surface area contributed by atoms with Crippen molar-refractivity contribution in [3.05, 3.63) is 152 Å². The topological polar surface area (TPSA) is 177 Å². The molecule has 4 N–H and O–H groups in total. The average molecular weight is 689 g/mol. The first-order chi connectivity index (χ1) is 24.8. The lowest BCUT2D eigenvalue weighted by Crippen LogP contribution is -2.09. The Morgan fingerprint density at radius 3 is 0.961 bits per heavy atom. The molecule has 0 saturated carbocycles. The first kappa shape index (κ1) is 34.9. The fraction of sp³-hybridized carbons (Fsp3) is 0.179. The molecule has 0 aliphatic heterocycles. The Kier molecular flexibility index (Phi) is 10.5. The number of hydrogen-bond donors (Lipinski definition) is 4. The van der Waals surface area contributed by atoms with Gasteiger partial charge in [0.05, 0.1) is 59.0 Å². The van der Waals surface area contributed by atoms with Gasteiger partial charge in [0, 0.05) is 59.6 Å². The van der Waals surface area contributed by atoms with Gasteiger partial charge < -0.3 is 29.6 Å². The van der Waals surface area contributed by atoms with Gasteiger partial charge in [-0.1, -0.05) is 60.7 Å². The Morgan fingerprint density at radius 2 is 0.706 bits per heavy atom. The highest BCUT2D eigenvalue weighted by molar-refractivity contribution is 5.79. The largest absolute Gasteiger partial charge is 0.392 e. The average Bonchev–Trinajstić information content (AvgIpc) is 3.67. The lowest BCUT2D eigenvalue weighted by Gasteiger charge is -2.18. The zero-order chi connectivity index (χ0) is 36.1. The van der Waals surface area contributed by atoms with E-state index in [4.69, 9.17) is 0 Å². The second-order valence-electron chi connectivity index (χ2n) is 11.9. The van der Waals surface area contributed by atoms with Crippen molar-refractivity contribution in [2.45, 2.75) is 45.9 Å². The molecule has 0 amide bonds. The zero-order valence-electron chi connectivity index (χ0n) is 27.6. The summed E-state index contributed by atoms with van der Waals surface area (Å²) in [5, 5.41) is 65.5. The Balaban J connectivity index is 1.51. The normalized spacial score (nSPS) is 11.2. The number of aromatic nitrogens is 2. The highest BCUT2D eigenvalue weighted by Gasteiger charge is 2.27. The van der Waals surface area contributed by atoms with Gasteiger partial charge >= 0.3 is 0 Å². The molecule has 0 fully saturated rings. The van der Waals surface area contributed by atoms with Crippen molar-refractivity contribution in [3.63, 3.8) is 0 Å². The van der Waals surface area contributed by atoms with Crippen LogP contribution in [0.3, 0.4) is 0 Å². The molecule has 6 rings (SSSR count). The fourth-order valence-electron chi connectivity index (χ4n) is 6.96. The summed E-state index contributed by atoms with van der Waals surface area (Å²) in [7, 11) is 0. The molecule has 0 aliphatic rings. The van der Waals surface area contributed by atoms with Gasteiger partial charge in [0.25, 0.3) is 11.4 Å². The third kappa shape index (κ3) is 6.68. The summed E-state index contributed by atoms with van der Waals surface area (Å²) < 4.78 is 4.04. The lowest BCUT2D eigenvalue weighted by atomic mass is 10.0. The molecule has 0 atom stereocenters. The summed E-state index contributed by atoms with van der Waals surface area (Å²) in [5.74, 6) is 0. The second-order valence-corrected chi connectivity index (χ2v) is 11.9. The van der Waals surface area contributed by atoms with E-state index >= 15 is 0 Å². The van der Waals surface area contributed by atoms with Crippen LogP contribution in [0.2, 0.25) is 0 Å². The van der Waals surface area contributed by atoms with E-state index in [0.717, 1.165) is 11.1 Å². The third-order valence-electron chi connectivity index (χ3n) is 9.15. The van der Waals surface area contributed by atoms with Crippen molar-refractivity contribution in [1.82, 2.24) is 9.13 Å². The molecule has 0 aliphatic carbocycles. The molecule has 12 heteroatoms. The van der Waals surface area contributed by atoms with Gasteiger partial charge in [-0.05, 0) is 52.9 Å². The maximum atomic E-state index is 11.4. The molecule has 2 aromatic heterocycles. The summed E-state index contributed by atoms with van der Waals surface area (Å²) in [6.45, 7) is -0.722. The van der Waals surface area contributed by atoms with E-state index in [9.17, 15) is 40.7 Å². The zero-order valence-corrected chi connectivity index (χ0v) is 27.6.